The van der Waals surface area contributed by atoms with E-state index in [2.05, 4.69) is 29.2 Å². The van der Waals surface area contributed by atoms with Crippen LogP contribution in [0.3, 0.4) is 0 Å². The Kier molecular flexibility index (Phi) is 6.29. The molecule has 2 aromatic carbocycles. The number of benzene rings is 2. The number of nitrogens with zero attached hydrogens (tertiary/aromatic N) is 3. The molecule has 0 saturated carbocycles. The molecule has 36 heavy (non-hydrogen) atoms. The number of carbonyl (C=O) groups excluding carboxylic acids is 2. The summed E-state index contributed by atoms with van der Waals surface area (Å²) in [7, 11) is 3.48. The van der Waals surface area contributed by atoms with Crippen LogP contribution in [0.4, 0.5) is 4.79 Å². The highest BCUT2D eigenvalue weighted by Gasteiger charge is 2.56. The van der Waals surface area contributed by atoms with E-state index in [1.54, 1.807) is 19.1 Å². The molecule has 0 aliphatic carbocycles. The lowest BCUT2D eigenvalue weighted by Gasteiger charge is -2.41. The number of imide groups is 1. The number of hydrogen-bond donors (Lipinski definition) is 0. The molecule has 0 radical (unpaired) electrons. The number of rotatable bonds is 6. The second kappa shape index (κ2) is 9.28. The number of fused-ring (bicyclic) bond motifs is 1. The summed E-state index contributed by atoms with van der Waals surface area (Å²) in [5.74, 6) is 1.92. The van der Waals surface area contributed by atoms with Gasteiger partial charge < -0.3 is 14.1 Å². The molecule has 7 heteroatoms. The van der Waals surface area contributed by atoms with Crippen LogP contribution in [0.15, 0.2) is 46.9 Å². The maximum absolute atomic E-state index is 13.3. The maximum atomic E-state index is 13.3. The number of piperidine rings is 1. The van der Waals surface area contributed by atoms with Gasteiger partial charge in [0.2, 0.25) is 0 Å². The average molecular weight is 490 g/mol. The van der Waals surface area contributed by atoms with Gasteiger partial charge in [-0.25, -0.2) is 4.79 Å². The molecule has 2 saturated heterocycles. The molecule has 2 aliphatic rings. The van der Waals surface area contributed by atoms with Gasteiger partial charge in [0.25, 0.3) is 5.91 Å². The van der Waals surface area contributed by atoms with E-state index in [0.29, 0.717) is 25.9 Å². The van der Waals surface area contributed by atoms with Gasteiger partial charge in [-0.2, -0.15) is 0 Å². The Morgan fingerprint density at radius 1 is 1.08 bits per heavy atom. The number of ether oxygens (including phenoxy) is 1. The van der Waals surface area contributed by atoms with Gasteiger partial charge in [-0.1, -0.05) is 44.2 Å². The number of hydrogen-bond acceptors (Lipinski definition) is 5. The van der Waals surface area contributed by atoms with Gasteiger partial charge in [0.1, 0.15) is 22.6 Å². The van der Waals surface area contributed by atoms with Crippen LogP contribution in [0, 0.1) is 12.8 Å². The smallest absolute Gasteiger partial charge is 0.327 e. The van der Waals surface area contributed by atoms with E-state index in [4.69, 9.17) is 9.15 Å². The number of urea groups is 1. The predicted octanol–water partition coefficient (Wildman–Crippen LogP) is 5.30. The van der Waals surface area contributed by atoms with Crippen LogP contribution in [0.5, 0.6) is 5.75 Å². The lowest BCUT2D eigenvalue weighted by atomic mass is 9.86. The average Bonchev–Trinajstić information content (AvgIpc) is 3.27. The normalized spacial score (nSPS) is 18.3. The Morgan fingerprint density at radius 2 is 1.78 bits per heavy atom. The molecule has 3 amide bonds. The van der Waals surface area contributed by atoms with Gasteiger partial charge in [0.05, 0.1) is 7.11 Å². The van der Waals surface area contributed by atoms with Crippen molar-refractivity contribution in [2.24, 2.45) is 5.92 Å². The fraction of sp³-hybridized carbons (Fsp3) is 0.448. The monoisotopic (exact) mass is 489 g/mol. The van der Waals surface area contributed by atoms with Crippen molar-refractivity contribution >= 4 is 22.9 Å². The van der Waals surface area contributed by atoms with Crippen molar-refractivity contribution in [2.45, 2.75) is 45.7 Å². The van der Waals surface area contributed by atoms with E-state index < -0.39 is 5.54 Å². The third-order valence-electron chi connectivity index (χ3n) is 7.76. The highest BCUT2D eigenvalue weighted by Crippen LogP contribution is 2.40. The highest BCUT2D eigenvalue weighted by molar-refractivity contribution is 6.07. The number of furan rings is 1. The molecule has 1 aromatic heterocycles. The van der Waals surface area contributed by atoms with E-state index >= 15 is 0 Å². The Bertz CT molecular complexity index is 1290. The molecule has 1 spiro atoms. The molecule has 0 unspecified atom stereocenters. The SMILES string of the molecule is COc1cc2c(-c3ccccc3)c(C)oc2cc1CN1CCC2(CC1)C(=O)N(CC(C)C)C(=O)N2C. The topological polar surface area (TPSA) is 66.2 Å². The molecule has 7 nitrogen and oxygen atoms in total. The third kappa shape index (κ3) is 3.95. The minimum absolute atomic E-state index is 0.0400. The van der Waals surface area contributed by atoms with Crippen LogP contribution in [0.1, 0.15) is 38.0 Å². The molecule has 0 atom stereocenters. The molecule has 0 N–H and O–H groups in total. The number of likely N-dealkylation sites (tertiary alicyclic amines) is 1. The summed E-state index contributed by atoms with van der Waals surface area (Å²) in [4.78, 5) is 31.6. The predicted molar refractivity (Wildman–Crippen MR) is 140 cm³/mol. The molecule has 5 rings (SSSR count). The van der Waals surface area contributed by atoms with Crippen LogP contribution >= 0.6 is 0 Å². The first-order valence-corrected chi connectivity index (χ1v) is 12.7. The number of aryl methyl sites for hydroxylation is 1. The Balaban J connectivity index is 1.36. The maximum Gasteiger partial charge on any atom is 0.327 e. The number of carbonyl (C=O) groups is 2. The summed E-state index contributed by atoms with van der Waals surface area (Å²) in [6.07, 6.45) is 1.26. The van der Waals surface area contributed by atoms with Crippen LogP contribution in [-0.2, 0) is 11.3 Å². The van der Waals surface area contributed by atoms with Crippen LogP contribution in [0.2, 0.25) is 0 Å². The Labute approximate surface area is 212 Å². The first-order chi connectivity index (χ1) is 17.2. The molecule has 190 valence electrons. The minimum atomic E-state index is -0.723. The molecular weight excluding hydrogens is 454 g/mol. The van der Waals surface area contributed by atoms with Gasteiger partial charge in [0.15, 0.2) is 0 Å². The fourth-order valence-corrected chi connectivity index (χ4v) is 5.81. The molecular formula is C29H35N3O4. The second-order valence-corrected chi connectivity index (χ2v) is 10.5. The van der Waals surface area contributed by atoms with E-state index in [-0.39, 0.29) is 17.9 Å². The summed E-state index contributed by atoms with van der Waals surface area (Å²) >= 11 is 0. The zero-order chi connectivity index (χ0) is 25.6. The highest BCUT2D eigenvalue weighted by atomic mass is 16.5. The van der Waals surface area contributed by atoms with Gasteiger partial charge in [-0.3, -0.25) is 14.6 Å². The van der Waals surface area contributed by atoms with Crippen molar-refractivity contribution < 1.29 is 18.7 Å². The van der Waals surface area contributed by atoms with Crippen molar-refractivity contribution in [3.63, 3.8) is 0 Å². The van der Waals surface area contributed by atoms with Crippen molar-refractivity contribution in [3.05, 3.63) is 53.8 Å². The first kappa shape index (κ1) is 24.4. The van der Waals surface area contributed by atoms with Crippen LogP contribution < -0.4 is 4.74 Å². The lowest BCUT2D eigenvalue weighted by Crippen LogP contribution is -2.55. The molecule has 3 heterocycles. The van der Waals surface area contributed by atoms with Crippen molar-refractivity contribution in [1.82, 2.24) is 14.7 Å². The Morgan fingerprint density at radius 3 is 2.42 bits per heavy atom. The van der Waals surface area contributed by atoms with Crippen LogP contribution in [0.25, 0.3) is 22.1 Å². The summed E-state index contributed by atoms with van der Waals surface area (Å²) in [6, 6.07) is 14.2. The van der Waals surface area contributed by atoms with E-state index in [9.17, 15) is 9.59 Å². The van der Waals surface area contributed by atoms with Gasteiger partial charge >= 0.3 is 6.03 Å². The summed E-state index contributed by atoms with van der Waals surface area (Å²) < 4.78 is 12.0. The standard InChI is InChI=1S/C29H35N3O4/c1-19(2)17-32-27(33)29(30(4)28(32)34)11-13-31(14-12-29)18-22-15-25-23(16-24(22)35-5)26(20(3)36-25)21-9-7-6-8-10-21/h6-10,15-16,19H,11-14,17-18H2,1-5H3. The lowest BCUT2D eigenvalue weighted by molar-refractivity contribution is -0.135. The fourth-order valence-electron chi connectivity index (χ4n) is 5.81. The number of likely N-dealkylation sites (N-methyl/N-ethyl adjacent to an activating group) is 1. The first-order valence-electron chi connectivity index (χ1n) is 12.7. The number of amides is 3. The third-order valence-corrected chi connectivity index (χ3v) is 7.76. The Hall–Kier alpha value is -3.32. The largest absolute Gasteiger partial charge is 0.496 e. The molecule has 3 aromatic rings. The van der Waals surface area contributed by atoms with Gasteiger partial charge in [-0.15, -0.1) is 0 Å². The van der Waals surface area contributed by atoms with Crippen LogP contribution in [-0.4, -0.2) is 66.0 Å². The van der Waals surface area contributed by atoms with E-state index in [0.717, 1.165) is 52.3 Å². The zero-order valence-electron chi connectivity index (χ0n) is 21.8. The van der Waals surface area contributed by atoms with E-state index in [1.807, 2.05) is 39.0 Å². The van der Waals surface area contributed by atoms with Crippen molar-refractivity contribution in [1.29, 1.82) is 0 Å². The number of methoxy groups -OCH3 is 1. The summed E-state index contributed by atoms with van der Waals surface area (Å²) in [5, 5.41) is 1.04. The van der Waals surface area contributed by atoms with Crippen molar-refractivity contribution in [3.8, 4) is 16.9 Å². The van der Waals surface area contributed by atoms with Gasteiger partial charge in [-0.05, 0) is 43.4 Å². The van der Waals surface area contributed by atoms with E-state index in [1.165, 1.54) is 4.90 Å². The molecule has 2 fully saturated rings. The second-order valence-electron chi connectivity index (χ2n) is 10.5. The van der Waals surface area contributed by atoms with Crippen molar-refractivity contribution in [2.75, 3.05) is 33.8 Å². The summed E-state index contributed by atoms with van der Waals surface area (Å²) in [6.45, 7) is 8.68. The molecule has 2 aliphatic heterocycles. The van der Waals surface area contributed by atoms with Gasteiger partial charge in [0, 0.05) is 49.7 Å². The zero-order valence-corrected chi connectivity index (χ0v) is 21.8. The quantitative estimate of drug-likeness (QED) is 0.440. The summed E-state index contributed by atoms with van der Waals surface area (Å²) in [5.41, 5.74) is 3.39. The minimum Gasteiger partial charge on any atom is -0.496 e. The molecule has 0 bridgehead atoms.